The van der Waals surface area contributed by atoms with Crippen molar-refractivity contribution < 1.29 is 9.18 Å². The summed E-state index contributed by atoms with van der Waals surface area (Å²) in [7, 11) is 0. The third-order valence-electron chi connectivity index (χ3n) is 5.00. The second kappa shape index (κ2) is 8.63. The maximum absolute atomic E-state index is 14.3. The quantitative estimate of drug-likeness (QED) is 0.466. The first-order valence-electron chi connectivity index (χ1n) is 9.72. The van der Waals surface area contributed by atoms with Gasteiger partial charge in [-0.3, -0.25) is 4.79 Å². The number of halogens is 1. The third kappa shape index (κ3) is 4.19. The van der Waals surface area contributed by atoms with Gasteiger partial charge in [0.1, 0.15) is 10.8 Å². The molecule has 0 aliphatic carbocycles. The van der Waals surface area contributed by atoms with Crippen LogP contribution in [0.5, 0.6) is 0 Å². The SMILES string of the molecule is Cc1cc(-c2csc(CC(=O)NCc3ccccc3)n2)c(C)n1-c1ccccc1F. The lowest BCUT2D eigenvalue weighted by Crippen LogP contribution is -2.24. The molecule has 0 unspecified atom stereocenters. The summed E-state index contributed by atoms with van der Waals surface area (Å²) in [6.07, 6.45) is 0.240. The Hall–Kier alpha value is -3.25. The number of rotatable bonds is 6. The van der Waals surface area contributed by atoms with Crippen molar-refractivity contribution in [1.82, 2.24) is 14.9 Å². The predicted molar refractivity (Wildman–Crippen MR) is 118 cm³/mol. The van der Waals surface area contributed by atoms with Crippen LogP contribution < -0.4 is 5.32 Å². The van der Waals surface area contributed by atoms with E-state index in [4.69, 9.17) is 0 Å². The minimum atomic E-state index is -0.264. The summed E-state index contributed by atoms with van der Waals surface area (Å²) in [5, 5.41) is 5.64. The van der Waals surface area contributed by atoms with Crippen LogP contribution in [-0.4, -0.2) is 15.5 Å². The number of para-hydroxylation sites is 1. The maximum atomic E-state index is 14.3. The Morgan fingerprint density at radius 2 is 1.83 bits per heavy atom. The molecule has 2 aromatic heterocycles. The van der Waals surface area contributed by atoms with Crippen molar-refractivity contribution in [3.05, 3.63) is 93.8 Å². The van der Waals surface area contributed by atoms with Crippen LogP contribution in [0.25, 0.3) is 16.9 Å². The lowest BCUT2D eigenvalue weighted by Gasteiger charge is -2.10. The highest BCUT2D eigenvalue weighted by Crippen LogP contribution is 2.31. The number of aryl methyl sites for hydroxylation is 1. The molecule has 0 fully saturated rings. The topological polar surface area (TPSA) is 46.9 Å². The van der Waals surface area contributed by atoms with Gasteiger partial charge >= 0.3 is 0 Å². The van der Waals surface area contributed by atoms with Crippen LogP contribution in [0, 0.1) is 19.7 Å². The number of carbonyl (C=O) groups is 1. The zero-order valence-corrected chi connectivity index (χ0v) is 17.7. The van der Waals surface area contributed by atoms with E-state index in [9.17, 15) is 9.18 Å². The van der Waals surface area contributed by atoms with Crippen molar-refractivity contribution in [2.24, 2.45) is 0 Å². The third-order valence-corrected chi connectivity index (χ3v) is 5.85. The van der Waals surface area contributed by atoms with E-state index in [0.717, 1.165) is 33.2 Å². The van der Waals surface area contributed by atoms with Gasteiger partial charge in [0.25, 0.3) is 0 Å². The Labute approximate surface area is 179 Å². The molecule has 4 nitrogen and oxygen atoms in total. The molecule has 4 rings (SSSR count). The number of hydrogen-bond donors (Lipinski definition) is 1. The van der Waals surface area contributed by atoms with Crippen molar-refractivity contribution in [2.45, 2.75) is 26.8 Å². The van der Waals surface area contributed by atoms with Gasteiger partial charge in [-0.2, -0.15) is 0 Å². The zero-order chi connectivity index (χ0) is 21.1. The van der Waals surface area contributed by atoms with E-state index >= 15 is 0 Å². The van der Waals surface area contributed by atoms with E-state index in [-0.39, 0.29) is 18.1 Å². The first-order chi connectivity index (χ1) is 14.5. The van der Waals surface area contributed by atoms with E-state index < -0.39 is 0 Å². The molecule has 0 bridgehead atoms. The standard InChI is InChI=1S/C24H22FN3OS/c1-16-12-19(17(2)28(16)22-11-7-6-10-20(22)25)21-15-30-24(27-21)13-23(29)26-14-18-8-4-3-5-9-18/h3-12,15H,13-14H2,1-2H3,(H,26,29). The summed E-state index contributed by atoms with van der Waals surface area (Å²) in [5.74, 6) is -0.323. The van der Waals surface area contributed by atoms with E-state index in [1.807, 2.05) is 66.3 Å². The molecule has 0 saturated heterocycles. The molecule has 0 spiro atoms. The van der Waals surface area contributed by atoms with Crippen molar-refractivity contribution >= 4 is 17.2 Å². The normalized spacial score (nSPS) is 10.9. The van der Waals surface area contributed by atoms with Crippen LogP contribution in [0.3, 0.4) is 0 Å². The number of nitrogens with one attached hydrogen (secondary N) is 1. The van der Waals surface area contributed by atoms with Crippen LogP contribution in [0.2, 0.25) is 0 Å². The summed E-state index contributed by atoms with van der Waals surface area (Å²) in [4.78, 5) is 16.9. The molecular formula is C24H22FN3OS. The van der Waals surface area contributed by atoms with Gasteiger partial charge in [0.05, 0.1) is 17.8 Å². The fourth-order valence-electron chi connectivity index (χ4n) is 3.54. The fraction of sp³-hybridized carbons (Fsp3) is 0.167. The van der Waals surface area contributed by atoms with Gasteiger partial charge in [0.15, 0.2) is 0 Å². The Morgan fingerprint density at radius 3 is 2.60 bits per heavy atom. The van der Waals surface area contributed by atoms with Gasteiger partial charge in [-0.1, -0.05) is 42.5 Å². The van der Waals surface area contributed by atoms with Gasteiger partial charge in [-0.15, -0.1) is 11.3 Å². The lowest BCUT2D eigenvalue weighted by atomic mass is 10.2. The van der Waals surface area contributed by atoms with Gasteiger partial charge in [-0.05, 0) is 37.6 Å². The Kier molecular flexibility index (Phi) is 5.77. The molecule has 0 aliphatic heterocycles. The number of benzene rings is 2. The Bertz CT molecular complexity index is 1180. The summed E-state index contributed by atoms with van der Waals surface area (Å²) in [6, 6.07) is 18.6. The molecule has 0 aliphatic rings. The highest BCUT2D eigenvalue weighted by atomic mass is 32.1. The molecule has 4 aromatic rings. The molecule has 2 heterocycles. The first kappa shape index (κ1) is 20.0. The number of nitrogens with zero attached hydrogens (tertiary/aromatic N) is 2. The number of amides is 1. The largest absolute Gasteiger partial charge is 0.352 e. The van der Waals surface area contributed by atoms with Crippen molar-refractivity contribution in [2.75, 3.05) is 0 Å². The Morgan fingerprint density at radius 1 is 1.10 bits per heavy atom. The molecule has 0 radical (unpaired) electrons. The number of hydrogen-bond acceptors (Lipinski definition) is 3. The van der Waals surface area contributed by atoms with Crippen molar-refractivity contribution in [3.8, 4) is 16.9 Å². The van der Waals surface area contributed by atoms with Crippen LogP contribution in [0.15, 0.2) is 66.0 Å². The minimum Gasteiger partial charge on any atom is -0.352 e. The van der Waals surface area contributed by atoms with Crippen LogP contribution in [-0.2, 0) is 17.8 Å². The maximum Gasteiger partial charge on any atom is 0.227 e. The number of thiazole rings is 1. The minimum absolute atomic E-state index is 0.0587. The molecule has 30 heavy (non-hydrogen) atoms. The fourth-order valence-corrected chi connectivity index (χ4v) is 4.33. The predicted octanol–water partition coefficient (Wildman–Crippen LogP) is 5.22. The lowest BCUT2D eigenvalue weighted by molar-refractivity contribution is -0.120. The van der Waals surface area contributed by atoms with E-state index in [0.29, 0.717) is 12.2 Å². The molecule has 1 amide bonds. The highest BCUT2D eigenvalue weighted by Gasteiger charge is 2.17. The average molecular weight is 420 g/mol. The number of carbonyl (C=O) groups excluding carboxylic acids is 1. The molecule has 152 valence electrons. The average Bonchev–Trinajstić information content (AvgIpc) is 3.32. The van der Waals surface area contributed by atoms with Crippen LogP contribution in [0.1, 0.15) is 22.0 Å². The van der Waals surface area contributed by atoms with E-state index in [2.05, 4.69) is 10.3 Å². The molecule has 0 atom stereocenters. The van der Waals surface area contributed by atoms with Gasteiger partial charge in [0.2, 0.25) is 5.91 Å². The van der Waals surface area contributed by atoms with Crippen LogP contribution >= 0.6 is 11.3 Å². The molecule has 0 saturated carbocycles. The summed E-state index contributed by atoms with van der Waals surface area (Å²) < 4.78 is 16.2. The number of aromatic nitrogens is 2. The van der Waals surface area contributed by atoms with Gasteiger partial charge < -0.3 is 9.88 Å². The molecule has 2 aromatic carbocycles. The summed E-state index contributed by atoms with van der Waals surface area (Å²) >= 11 is 1.46. The molecular weight excluding hydrogens is 397 g/mol. The van der Waals surface area contributed by atoms with Crippen molar-refractivity contribution in [3.63, 3.8) is 0 Å². The van der Waals surface area contributed by atoms with Crippen LogP contribution in [0.4, 0.5) is 4.39 Å². The summed E-state index contributed by atoms with van der Waals surface area (Å²) in [6.45, 7) is 4.41. The summed E-state index contributed by atoms with van der Waals surface area (Å²) in [5.41, 5.74) is 5.19. The van der Waals surface area contributed by atoms with Gasteiger partial charge in [0, 0.05) is 28.9 Å². The Balaban J connectivity index is 1.50. The smallest absolute Gasteiger partial charge is 0.227 e. The van der Waals surface area contributed by atoms with E-state index in [1.165, 1.54) is 17.4 Å². The second-order valence-corrected chi connectivity index (χ2v) is 8.08. The van der Waals surface area contributed by atoms with Crippen molar-refractivity contribution in [1.29, 1.82) is 0 Å². The molecule has 6 heteroatoms. The second-order valence-electron chi connectivity index (χ2n) is 7.14. The monoisotopic (exact) mass is 419 g/mol. The van der Waals surface area contributed by atoms with Gasteiger partial charge in [-0.25, -0.2) is 9.37 Å². The van der Waals surface area contributed by atoms with E-state index in [1.54, 1.807) is 12.1 Å². The first-order valence-corrected chi connectivity index (χ1v) is 10.6. The highest BCUT2D eigenvalue weighted by molar-refractivity contribution is 7.10. The zero-order valence-electron chi connectivity index (χ0n) is 16.9. The molecule has 1 N–H and O–H groups in total.